The zero-order chi connectivity index (χ0) is 15.0. The lowest BCUT2D eigenvalue weighted by atomic mass is 9.78. The first-order chi connectivity index (χ1) is 10.1. The Bertz CT molecular complexity index is 626. The third-order valence-electron chi connectivity index (χ3n) is 4.62. The maximum absolute atomic E-state index is 12.7. The van der Waals surface area contributed by atoms with Crippen molar-refractivity contribution in [1.29, 1.82) is 0 Å². The van der Waals surface area contributed by atoms with Gasteiger partial charge < -0.3 is 14.6 Å². The molecule has 1 N–H and O–H groups in total. The van der Waals surface area contributed by atoms with Crippen molar-refractivity contribution in [2.45, 2.75) is 25.8 Å². The Kier molecular flexibility index (Phi) is 3.84. The standard InChI is InChI=1S/C14H19N3O3S/c1-15-13-17-7-4-10(12(18)11(17)8-21-13)9-2-5-16(6-3-9)14(19)20/h8-10H,2-7H2,1H3,(H,19,20). The van der Waals surface area contributed by atoms with E-state index in [1.54, 1.807) is 7.05 Å². The topological polar surface area (TPSA) is 74.9 Å². The fourth-order valence-electron chi connectivity index (χ4n) is 3.45. The number of carboxylic acid groups (broad SMARTS) is 1. The van der Waals surface area contributed by atoms with E-state index in [0.717, 1.165) is 36.3 Å². The Morgan fingerprint density at radius 2 is 2.05 bits per heavy atom. The summed E-state index contributed by atoms with van der Waals surface area (Å²) in [5.74, 6) is 0.560. The largest absolute Gasteiger partial charge is 0.465 e. The number of fused-ring (bicyclic) bond motifs is 1. The first-order valence-corrected chi connectivity index (χ1v) is 8.13. The van der Waals surface area contributed by atoms with Crippen molar-refractivity contribution >= 4 is 23.2 Å². The normalized spacial score (nSPS) is 24.2. The number of aromatic nitrogens is 1. The van der Waals surface area contributed by atoms with Crippen LogP contribution < -0.4 is 4.80 Å². The zero-order valence-electron chi connectivity index (χ0n) is 12.0. The van der Waals surface area contributed by atoms with Gasteiger partial charge in [-0.1, -0.05) is 0 Å². The van der Waals surface area contributed by atoms with Gasteiger partial charge in [-0.2, -0.15) is 0 Å². The summed E-state index contributed by atoms with van der Waals surface area (Å²) in [5, 5.41) is 10.9. The first kappa shape index (κ1) is 14.3. The number of nitrogens with zero attached hydrogens (tertiary/aromatic N) is 3. The van der Waals surface area contributed by atoms with Crippen molar-refractivity contribution in [3.05, 3.63) is 15.9 Å². The van der Waals surface area contributed by atoms with Crippen LogP contribution in [-0.4, -0.2) is 46.6 Å². The highest BCUT2D eigenvalue weighted by atomic mass is 32.1. The van der Waals surface area contributed by atoms with Crippen LogP contribution in [0.15, 0.2) is 10.4 Å². The van der Waals surface area contributed by atoms with E-state index in [4.69, 9.17) is 5.11 Å². The summed E-state index contributed by atoms with van der Waals surface area (Å²) >= 11 is 1.51. The maximum atomic E-state index is 12.7. The van der Waals surface area contributed by atoms with E-state index in [9.17, 15) is 9.59 Å². The van der Waals surface area contributed by atoms with Crippen LogP contribution in [0.1, 0.15) is 29.8 Å². The lowest BCUT2D eigenvalue weighted by Crippen LogP contribution is -2.42. The molecule has 1 saturated heterocycles. The van der Waals surface area contributed by atoms with Crippen LogP contribution in [0.5, 0.6) is 0 Å². The van der Waals surface area contributed by atoms with Crippen LogP contribution in [0.2, 0.25) is 0 Å². The second kappa shape index (κ2) is 5.63. The average Bonchev–Trinajstić information content (AvgIpc) is 2.92. The summed E-state index contributed by atoms with van der Waals surface area (Å²) in [6, 6.07) is 0. The fourth-order valence-corrected chi connectivity index (χ4v) is 4.33. The van der Waals surface area contributed by atoms with Gasteiger partial charge in [0.05, 0.1) is 5.69 Å². The van der Waals surface area contributed by atoms with E-state index in [1.165, 1.54) is 16.2 Å². The molecule has 0 aliphatic carbocycles. The van der Waals surface area contributed by atoms with Crippen molar-refractivity contribution in [2.75, 3.05) is 20.1 Å². The van der Waals surface area contributed by atoms with E-state index in [0.29, 0.717) is 19.0 Å². The Labute approximate surface area is 126 Å². The molecule has 7 heteroatoms. The average molecular weight is 309 g/mol. The fraction of sp³-hybridized carbons (Fsp3) is 0.643. The molecule has 1 aromatic rings. The Morgan fingerprint density at radius 1 is 1.33 bits per heavy atom. The SMILES string of the molecule is CN=c1scc2n1CCC(C1CCN(C(=O)O)CC1)C2=O. The molecule has 1 atom stereocenters. The minimum atomic E-state index is -0.853. The third-order valence-corrected chi connectivity index (χ3v) is 5.58. The number of likely N-dealkylation sites (tertiary alicyclic amines) is 1. The number of hydrogen-bond acceptors (Lipinski definition) is 4. The molecule has 0 radical (unpaired) electrons. The molecule has 1 aromatic heterocycles. The number of piperidine rings is 1. The van der Waals surface area contributed by atoms with E-state index in [1.807, 2.05) is 9.95 Å². The Balaban J connectivity index is 1.74. The molecular formula is C14H19N3O3S. The first-order valence-electron chi connectivity index (χ1n) is 7.25. The van der Waals surface area contributed by atoms with Crippen LogP contribution in [0, 0.1) is 11.8 Å². The quantitative estimate of drug-likeness (QED) is 0.857. The molecular weight excluding hydrogens is 290 g/mol. The molecule has 1 unspecified atom stereocenters. The molecule has 2 aliphatic rings. The highest BCUT2D eigenvalue weighted by Gasteiger charge is 2.36. The summed E-state index contributed by atoms with van der Waals surface area (Å²) in [4.78, 5) is 30.2. The summed E-state index contributed by atoms with van der Waals surface area (Å²) in [5.41, 5.74) is 0.775. The summed E-state index contributed by atoms with van der Waals surface area (Å²) in [6.45, 7) is 1.92. The Hall–Kier alpha value is -1.63. The van der Waals surface area contributed by atoms with Gasteiger partial charge >= 0.3 is 6.09 Å². The second-order valence-corrected chi connectivity index (χ2v) is 6.48. The van der Waals surface area contributed by atoms with Crippen molar-refractivity contribution in [3.63, 3.8) is 0 Å². The van der Waals surface area contributed by atoms with Crippen LogP contribution in [-0.2, 0) is 6.54 Å². The molecule has 0 aromatic carbocycles. The number of carbonyl (C=O) groups excluding carboxylic acids is 1. The molecule has 3 heterocycles. The predicted octanol–water partition coefficient (Wildman–Crippen LogP) is 1.67. The second-order valence-electron chi connectivity index (χ2n) is 5.65. The molecule has 0 spiro atoms. The van der Waals surface area contributed by atoms with Gasteiger partial charge in [0, 0.05) is 38.0 Å². The van der Waals surface area contributed by atoms with Crippen LogP contribution in [0.4, 0.5) is 4.79 Å². The number of ketones is 1. The number of hydrogen-bond donors (Lipinski definition) is 1. The van der Waals surface area contributed by atoms with Gasteiger partial charge in [-0.3, -0.25) is 9.79 Å². The Morgan fingerprint density at radius 3 is 2.67 bits per heavy atom. The zero-order valence-corrected chi connectivity index (χ0v) is 12.8. The van der Waals surface area contributed by atoms with Gasteiger partial charge in [0.25, 0.3) is 0 Å². The number of rotatable bonds is 1. The van der Waals surface area contributed by atoms with Crippen LogP contribution >= 0.6 is 11.3 Å². The number of thiazole rings is 1. The van der Waals surface area contributed by atoms with Gasteiger partial charge in [0.1, 0.15) is 0 Å². The maximum Gasteiger partial charge on any atom is 0.407 e. The molecule has 114 valence electrons. The van der Waals surface area contributed by atoms with Gasteiger partial charge in [-0.25, -0.2) is 4.79 Å². The van der Waals surface area contributed by atoms with E-state index >= 15 is 0 Å². The lowest BCUT2D eigenvalue weighted by Gasteiger charge is -2.35. The number of Topliss-reactive ketones (excluding diaryl/α,β-unsaturated/α-hetero) is 1. The van der Waals surface area contributed by atoms with Crippen molar-refractivity contribution < 1.29 is 14.7 Å². The third kappa shape index (κ3) is 2.50. The molecule has 21 heavy (non-hydrogen) atoms. The van der Waals surface area contributed by atoms with Crippen LogP contribution in [0.3, 0.4) is 0 Å². The van der Waals surface area contributed by atoms with E-state index in [-0.39, 0.29) is 11.7 Å². The van der Waals surface area contributed by atoms with Gasteiger partial charge in [0.2, 0.25) is 0 Å². The van der Waals surface area contributed by atoms with Gasteiger partial charge in [0.15, 0.2) is 10.6 Å². The van der Waals surface area contributed by atoms with Crippen LogP contribution in [0.25, 0.3) is 0 Å². The highest BCUT2D eigenvalue weighted by molar-refractivity contribution is 7.07. The molecule has 3 rings (SSSR count). The molecule has 6 nitrogen and oxygen atoms in total. The minimum absolute atomic E-state index is 0.0419. The highest BCUT2D eigenvalue weighted by Crippen LogP contribution is 2.33. The summed E-state index contributed by atoms with van der Waals surface area (Å²) < 4.78 is 2.01. The number of carbonyl (C=O) groups is 2. The molecule has 1 amide bonds. The van der Waals surface area contributed by atoms with Crippen molar-refractivity contribution in [3.8, 4) is 0 Å². The van der Waals surface area contributed by atoms with Crippen molar-refractivity contribution in [1.82, 2.24) is 9.47 Å². The lowest BCUT2D eigenvalue weighted by molar-refractivity contribution is 0.0728. The minimum Gasteiger partial charge on any atom is -0.465 e. The molecule has 1 fully saturated rings. The monoisotopic (exact) mass is 309 g/mol. The van der Waals surface area contributed by atoms with Crippen molar-refractivity contribution in [2.24, 2.45) is 16.8 Å². The van der Waals surface area contributed by atoms with Gasteiger partial charge in [-0.05, 0) is 25.2 Å². The summed E-state index contributed by atoms with van der Waals surface area (Å²) in [7, 11) is 1.75. The smallest absolute Gasteiger partial charge is 0.407 e. The molecule has 0 saturated carbocycles. The van der Waals surface area contributed by atoms with Gasteiger partial charge in [-0.15, -0.1) is 11.3 Å². The predicted molar refractivity (Wildman–Crippen MR) is 78.6 cm³/mol. The number of amides is 1. The van der Waals surface area contributed by atoms with E-state index in [2.05, 4.69) is 4.99 Å². The molecule has 2 aliphatic heterocycles. The summed E-state index contributed by atoms with van der Waals surface area (Å²) in [6.07, 6.45) is 1.57. The molecule has 0 bridgehead atoms. The van der Waals surface area contributed by atoms with E-state index < -0.39 is 6.09 Å².